The summed E-state index contributed by atoms with van der Waals surface area (Å²) in [6.07, 6.45) is 0.514. The number of nitrogens with zero attached hydrogens (tertiary/aromatic N) is 3. The molecule has 1 heterocycles. The van der Waals surface area contributed by atoms with Crippen LogP contribution in [0, 0.1) is 0 Å². The molecular formula is C25H34Cl2N4O. The fourth-order valence-electron chi connectivity index (χ4n) is 4.33. The molecule has 0 radical (unpaired) electrons. The number of rotatable bonds is 9. The minimum atomic E-state index is -0.544. The third kappa shape index (κ3) is 6.46. The van der Waals surface area contributed by atoms with Crippen molar-refractivity contribution in [3.8, 4) is 0 Å². The summed E-state index contributed by atoms with van der Waals surface area (Å²) < 4.78 is 0. The number of nitrogens with two attached hydrogens (primary N) is 1. The Labute approximate surface area is 202 Å². The third-order valence-corrected chi connectivity index (χ3v) is 6.94. The zero-order valence-corrected chi connectivity index (χ0v) is 20.5. The molecule has 1 saturated heterocycles. The molecule has 7 heteroatoms. The average Bonchev–Trinajstić information content (AvgIpc) is 2.82. The second-order valence-electron chi connectivity index (χ2n) is 8.32. The lowest BCUT2D eigenvalue weighted by molar-refractivity contribution is -0.134. The maximum Gasteiger partial charge on any atom is 0.239 e. The second-order valence-corrected chi connectivity index (χ2v) is 9.17. The number of benzene rings is 2. The molecule has 2 aromatic carbocycles. The highest BCUT2D eigenvalue weighted by Gasteiger charge is 2.30. The molecule has 1 fully saturated rings. The van der Waals surface area contributed by atoms with Gasteiger partial charge in [-0.05, 0) is 48.8 Å². The van der Waals surface area contributed by atoms with Crippen molar-refractivity contribution in [2.24, 2.45) is 5.73 Å². The number of amides is 1. The topological polar surface area (TPSA) is 52.8 Å². The van der Waals surface area contributed by atoms with Gasteiger partial charge in [0, 0.05) is 48.8 Å². The van der Waals surface area contributed by atoms with Crippen LogP contribution in [0.2, 0.25) is 10.0 Å². The Bertz CT molecular complexity index is 865. The summed E-state index contributed by atoms with van der Waals surface area (Å²) in [6.45, 7) is 10.2. The van der Waals surface area contributed by atoms with Gasteiger partial charge in [0.05, 0.1) is 6.04 Å². The average molecular weight is 477 g/mol. The van der Waals surface area contributed by atoms with Gasteiger partial charge in [-0.3, -0.25) is 9.69 Å². The summed E-state index contributed by atoms with van der Waals surface area (Å²) in [6, 6.07) is 15.3. The lowest BCUT2D eigenvalue weighted by atomic mass is 10.0. The summed E-state index contributed by atoms with van der Waals surface area (Å²) in [5, 5.41) is 1.48. The van der Waals surface area contributed by atoms with Gasteiger partial charge in [-0.15, -0.1) is 0 Å². The lowest BCUT2D eigenvalue weighted by Gasteiger charge is -2.41. The molecule has 3 rings (SSSR count). The smallest absolute Gasteiger partial charge is 0.239 e. The van der Waals surface area contributed by atoms with Gasteiger partial charge in [-0.2, -0.15) is 0 Å². The van der Waals surface area contributed by atoms with Gasteiger partial charge in [-0.1, -0.05) is 67.4 Å². The summed E-state index contributed by atoms with van der Waals surface area (Å²) in [4.78, 5) is 19.7. The molecule has 2 aromatic rings. The molecule has 0 aliphatic carbocycles. The minimum absolute atomic E-state index is 0.0117. The summed E-state index contributed by atoms with van der Waals surface area (Å²) >= 11 is 12.5. The van der Waals surface area contributed by atoms with E-state index >= 15 is 0 Å². The van der Waals surface area contributed by atoms with Crippen LogP contribution in [0.3, 0.4) is 0 Å². The second kappa shape index (κ2) is 12.0. The lowest BCUT2D eigenvalue weighted by Crippen LogP contribution is -2.55. The fraction of sp³-hybridized carbons (Fsp3) is 0.480. The molecule has 2 atom stereocenters. The summed E-state index contributed by atoms with van der Waals surface area (Å²) in [5.41, 5.74) is 8.44. The van der Waals surface area contributed by atoms with Crippen LogP contribution in [0.1, 0.15) is 31.0 Å². The quantitative estimate of drug-likeness (QED) is 0.591. The monoisotopic (exact) mass is 476 g/mol. The minimum Gasteiger partial charge on any atom is -0.339 e. The number of carbonyl (C=O) groups is 1. The van der Waals surface area contributed by atoms with Crippen molar-refractivity contribution in [1.82, 2.24) is 14.7 Å². The molecule has 0 bridgehead atoms. The Morgan fingerprint density at radius 2 is 1.62 bits per heavy atom. The van der Waals surface area contributed by atoms with E-state index in [1.165, 1.54) is 0 Å². The first kappa shape index (κ1) is 25.0. The Kier molecular flexibility index (Phi) is 9.38. The number of hydrogen-bond donors (Lipinski definition) is 1. The first-order valence-corrected chi connectivity index (χ1v) is 12.2. The first-order valence-electron chi connectivity index (χ1n) is 11.4. The third-order valence-electron chi connectivity index (χ3n) is 6.34. The van der Waals surface area contributed by atoms with Gasteiger partial charge in [-0.25, -0.2) is 0 Å². The van der Waals surface area contributed by atoms with E-state index in [2.05, 4.69) is 29.7 Å². The van der Waals surface area contributed by atoms with Gasteiger partial charge in [0.15, 0.2) is 0 Å². The molecule has 5 nitrogen and oxygen atoms in total. The molecular weight excluding hydrogens is 443 g/mol. The number of halogens is 2. The predicted molar refractivity (Wildman–Crippen MR) is 133 cm³/mol. The zero-order chi connectivity index (χ0) is 23.1. The van der Waals surface area contributed by atoms with Gasteiger partial charge < -0.3 is 15.5 Å². The van der Waals surface area contributed by atoms with Crippen LogP contribution in [0.5, 0.6) is 0 Å². The molecule has 0 aromatic heterocycles. The first-order chi connectivity index (χ1) is 15.4. The van der Waals surface area contributed by atoms with Crippen LogP contribution in [-0.4, -0.2) is 72.5 Å². The normalized spacial score (nSPS) is 16.9. The van der Waals surface area contributed by atoms with Crippen LogP contribution in [-0.2, 0) is 11.2 Å². The standard InChI is InChI=1S/C25H34Cl2N4O/c1-3-29(4-2)18-24(21-7-5-6-8-22(21)27)30-13-15-31(16-14-30)25(32)23(28)17-19-9-11-20(26)12-10-19/h5-12,23-24H,3-4,13-18,28H2,1-2H3. The van der Waals surface area contributed by atoms with Crippen molar-refractivity contribution >= 4 is 29.1 Å². The Morgan fingerprint density at radius 3 is 2.22 bits per heavy atom. The van der Waals surface area contributed by atoms with E-state index in [-0.39, 0.29) is 11.9 Å². The van der Waals surface area contributed by atoms with Gasteiger partial charge in [0.1, 0.15) is 0 Å². The molecule has 1 aliphatic rings. The maximum atomic E-state index is 13.0. The maximum absolute atomic E-state index is 13.0. The predicted octanol–water partition coefficient (Wildman–Crippen LogP) is 4.09. The van der Waals surface area contributed by atoms with Crippen LogP contribution in [0.4, 0.5) is 0 Å². The van der Waals surface area contributed by atoms with E-state index in [1.54, 1.807) is 0 Å². The van der Waals surface area contributed by atoms with Gasteiger partial charge in [0.2, 0.25) is 5.91 Å². The number of hydrogen-bond acceptors (Lipinski definition) is 4. The Hall–Kier alpha value is -1.63. The van der Waals surface area contributed by atoms with E-state index < -0.39 is 6.04 Å². The van der Waals surface area contributed by atoms with Crippen molar-refractivity contribution in [2.75, 3.05) is 45.8 Å². The van der Waals surface area contributed by atoms with E-state index in [4.69, 9.17) is 28.9 Å². The van der Waals surface area contributed by atoms with Crippen molar-refractivity contribution < 1.29 is 4.79 Å². The molecule has 0 saturated carbocycles. The Balaban J connectivity index is 1.64. The van der Waals surface area contributed by atoms with Crippen molar-refractivity contribution in [3.63, 3.8) is 0 Å². The number of piperazine rings is 1. The SMILES string of the molecule is CCN(CC)CC(c1ccccc1Cl)N1CCN(C(=O)C(N)Cc2ccc(Cl)cc2)CC1. The number of likely N-dealkylation sites (N-methyl/N-ethyl adjacent to an activating group) is 1. The van der Waals surface area contributed by atoms with E-state index in [1.807, 2.05) is 47.4 Å². The van der Waals surface area contributed by atoms with Gasteiger partial charge >= 0.3 is 0 Å². The Morgan fingerprint density at radius 1 is 1.00 bits per heavy atom. The molecule has 0 spiro atoms. The molecule has 1 amide bonds. The fourth-order valence-corrected chi connectivity index (χ4v) is 4.72. The van der Waals surface area contributed by atoms with Crippen molar-refractivity contribution in [3.05, 3.63) is 69.7 Å². The number of carbonyl (C=O) groups excluding carboxylic acids is 1. The van der Waals surface area contributed by atoms with Gasteiger partial charge in [0.25, 0.3) is 0 Å². The van der Waals surface area contributed by atoms with Crippen molar-refractivity contribution in [1.29, 1.82) is 0 Å². The molecule has 2 unspecified atom stereocenters. The highest BCUT2D eigenvalue weighted by molar-refractivity contribution is 6.31. The van der Waals surface area contributed by atoms with E-state index in [9.17, 15) is 4.79 Å². The molecule has 2 N–H and O–H groups in total. The molecule has 1 aliphatic heterocycles. The molecule has 174 valence electrons. The highest BCUT2D eigenvalue weighted by atomic mass is 35.5. The largest absolute Gasteiger partial charge is 0.339 e. The van der Waals surface area contributed by atoms with E-state index in [0.717, 1.165) is 48.9 Å². The van der Waals surface area contributed by atoms with Crippen LogP contribution >= 0.6 is 23.2 Å². The highest BCUT2D eigenvalue weighted by Crippen LogP contribution is 2.29. The summed E-state index contributed by atoms with van der Waals surface area (Å²) in [5.74, 6) is 0.0117. The van der Waals surface area contributed by atoms with Crippen LogP contribution in [0.15, 0.2) is 48.5 Å². The zero-order valence-electron chi connectivity index (χ0n) is 19.0. The molecule has 32 heavy (non-hydrogen) atoms. The van der Waals surface area contributed by atoms with Crippen LogP contribution in [0.25, 0.3) is 0 Å². The van der Waals surface area contributed by atoms with Crippen molar-refractivity contribution in [2.45, 2.75) is 32.4 Å². The van der Waals surface area contributed by atoms with Crippen LogP contribution < -0.4 is 5.73 Å². The summed E-state index contributed by atoms with van der Waals surface area (Å²) in [7, 11) is 0. The van der Waals surface area contributed by atoms with E-state index in [0.29, 0.717) is 24.5 Å².